The Kier molecular flexibility index (Phi) is 7.07. The number of aliphatic hydroxyl groups is 1. The summed E-state index contributed by atoms with van der Waals surface area (Å²) in [6.45, 7) is 0. The molecule has 0 bridgehead atoms. The number of benzene rings is 1. The molecule has 1 aliphatic rings. The number of nitrogens with one attached hydrogen (secondary N) is 1. The minimum atomic E-state index is -4.82. The number of halogens is 5. The van der Waals surface area contributed by atoms with E-state index in [1.807, 2.05) is 0 Å². The highest BCUT2D eigenvalue weighted by Gasteiger charge is 2.43. The number of amides is 1. The van der Waals surface area contributed by atoms with Gasteiger partial charge >= 0.3 is 6.18 Å². The van der Waals surface area contributed by atoms with Gasteiger partial charge in [-0.15, -0.1) is 0 Å². The zero-order chi connectivity index (χ0) is 24.6. The molecular weight excluding hydrogens is 488 g/mol. The van der Waals surface area contributed by atoms with Crippen molar-refractivity contribution in [2.75, 3.05) is 6.26 Å². The number of nitrogens with zero attached hydrogens (tertiary/aromatic N) is 1. The molecule has 33 heavy (non-hydrogen) atoms. The van der Waals surface area contributed by atoms with Gasteiger partial charge in [-0.2, -0.15) is 13.2 Å². The normalized spacial score (nSPS) is 22.6. The monoisotopic (exact) mass is 508 g/mol. The van der Waals surface area contributed by atoms with E-state index in [0.717, 1.165) is 6.26 Å². The number of hydrogen-bond acceptors (Lipinski definition) is 5. The van der Waals surface area contributed by atoms with Gasteiger partial charge in [0.1, 0.15) is 12.2 Å². The molecule has 1 aromatic carbocycles. The molecule has 0 spiro atoms. The lowest BCUT2D eigenvalue weighted by Crippen LogP contribution is -2.49. The second kappa shape index (κ2) is 9.19. The number of hydrogen-bond donors (Lipinski definition) is 2. The summed E-state index contributed by atoms with van der Waals surface area (Å²) >= 11 is 6.01. The van der Waals surface area contributed by atoms with Gasteiger partial charge in [-0.25, -0.2) is 12.8 Å². The Bertz CT molecular complexity index is 1150. The molecule has 2 aromatic rings. The summed E-state index contributed by atoms with van der Waals surface area (Å²) in [5.41, 5.74) is -3.53. The summed E-state index contributed by atoms with van der Waals surface area (Å²) < 4.78 is 77.7. The Morgan fingerprint density at radius 2 is 1.88 bits per heavy atom. The van der Waals surface area contributed by atoms with Gasteiger partial charge in [0.05, 0.1) is 27.3 Å². The highest BCUT2D eigenvalue weighted by Crippen LogP contribution is 2.40. The highest BCUT2D eigenvalue weighted by molar-refractivity contribution is 7.90. The van der Waals surface area contributed by atoms with Crippen molar-refractivity contribution < 1.29 is 35.9 Å². The van der Waals surface area contributed by atoms with E-state index >= 15 is 0 Å². The van der Waals surface area contributed by atoms with Crippen molar-refractivity contribution in [3.05, 3.63) is 58.4 Å². The van der Waals surface area contributed by atoms with E-state index in [2.05, 4.69) is 10.3 Å². The summed E-state index contributed by atoms with van der Waals surface area (Å²) in [7, 11) is -4.07. The number of pyridine rings is 1. The second-order valence-corrected chi connectivity index (χ2v) is 10.5. The molecule has 1 saturated carbocycles. The van der Waals surface area contributed by atoms with Gasteiger partial charge in [0, 0.05) is 17.5 Å². The van der Waals surface area contributed by atoms with Crippen LogP contribution in [0.15, 0.2) is 41.4 Å². The lowest BCUT2D eigenvalue weighted by atomic mass is 9.77. The fourth-order valence-corrected chi connectivity index (χ4v) is 4.88. The van der Waals surface area contributed by atoms with Crippen molar-refractivity contribution in [2.24, 2.45) is 0 Å². The van der Waals surface area contributed by atoms with Gasteiger partial charge in [-0.1, -0.05) is 11.6 Å². The lowest BCUT2D eigenvalue weighted by molar-refractivity contribution is -0.137. The smallest absolute Gasteiger partial charge is 0.387 e. The van der Waals surface area contributed by atoms with Crippen LogP contribution < -0.4 is 5.32 Å². The van der Waals surface area contributed by atoms with Crippen LogP contribution in [0.4, 0.5) is 17.6 Å². The summed E-state index contributed by atoms with van der Waals surface area (Å²) in [6.07, 6.45) is -4.01. The standard InChI is InChI=1S/C21H21ClF4N2O4S/c1-33(31,32)17-3-2-12(21(24,25)26)10-15(17)19(29)28-18(16-11-13(22)6-9-27-16)20(30)7-4-14(23)5-8-20/h2-3,6,9-11,14,18,30H,4-5,7-8H2,1H3,(H,28,29). The predicted octanol–water partition coefficient (Wildman–Crippen LogP) is 4.27. The van der Waals surface area contributed by atoms with Gasteiger partial charge in [0.25, 0.3) is 5.91 Å². The molecule has 1 amide bonds. The summed E-state index contributed by atoms with van der Waals surface area (Å²) in [4.78, 5) is 16.6. The third-order valence-electron chi connectivity index (χ3n) is 5.58. The van der Waals surface area contributed by atoms with E-state index in [9.17, 15) is 35.9 Å². The molecule has 1 unspecified atom stereocenters. The number of carbonyl (C=O) groups is 1. The first-order chi connectivity index (χ1) is 15.2. The van der Waals surface area contributed by atoms with Crippen molar-refractivity contribution in [2.45, 2.75) is 54.6 Å². The number of sulfone groups is 1. The average molecular weight is 509 g/mol. The van der Waals surface area contributed by atoms with Crippen LogP contribution in [0.3, 0.4) is 0 Å². The van der Waals surface area contributed by atoms with Crippen molar-refractivity contribution in [1.29, 1.82) is 0 Å². The molecule has 1 aromatic heterocycles. The molecule has 1 fully saturated rings. The maximum atomic E-state index is 13.7. The predicted molar refractivity (Wildman–Crippen MR) is 112 cm³/mol. The first-order valence-electron chi connectivity index (χ1n) is 9.91. The largest absolute Gasteiger partial charge is 0.416 e. The van der Waals surface area contributed by atoms with E-state index in [1.54, 1.807) is 0 Å². The molecule has 1 aliphatic carbocycles. The Morgan fingerprint density at radius 3 is 2.42 bits per heavy atom. The lowest BCUT2D eigenvalue weighted by Gasteiger charge is -2.40. The Hall–Kier alpha value is -2.24. The fraction of sp³-hybridized carbons (Fsp3) is 0.429. The first-order valence-corrected chi connectivity index (χ1v) is 12.2. The maximum absolute atomic E-state index is 13.7. The molecule has 2 N–H and O–H groups in total. The molecule has 6 nitrogen and oxygen atoms in total. The molecule has 1 heterocycles. The van der Waals surface area contributed by atoms with Gasteiger partial charge < -0.3 is 10.4 Å². The Labute approximate surface area is 192 Å². The van der Waals surface area contributed by atoms with E-state index in [1.165, 1.54) is 18.3 Å². The van der Waals surface area contributed by atoms with Crippen LogP contribution >= 0.6 is 11.6 Å². The number of aromatic nitrogens is 1. The minimum Gasteiger partial charge on any atom is -0.387 e. The minimum absolute atomic E-state index is 0.00157. The number of rotatable bonds is 5. The molecule has 0 aliphatic heterocycles. The molecule has 12 heteroatoms. The molecule has 0 radical (unpaired) electrons. The Balaban J connectivity index is 2.07. The third-order valence-corrected chi connectivity index (χ3v) is 6.97. The zero-order valence-corrected chi connectivity index (χ0v) is 18.9. The topological polar surface area (TPSA) is 96.4 Å². The maximum Gasteiger partial charge on any atom is 0.416 e. The van der Waals surface area contributed by atoms with Crippen molar-refractivity contribution in [3.63, 3.8) is 0 Å². The molecule has 3 rings (SSSR count). The van der Waals surface area contributed by atoms with Crippen LogP contribution in [-0.4, -0.2) is 42.4 Å². The number of carbonyl (C=O) groups excluding carboxylic acids is 1. The van der Waals surface area contributed by atoms with Gasteiger partial charge in [0.2, 0.25) is 0 Å². The zero-order valence-electron chi connectivity index (χ0n) is 17.4. The first kappa shape index (κ1) is 25.4. The van der Waals surface area contributed by atoms with Crippen LogP contribution in [0, 0.1) is 0 Å². The van der Waals surface area contributed by atoms with Crippen molar-refractivity contribution in [1.82, 2.24) is 10.3 Å². The summed E-state index contributed by atoms with van der Waals surface area (Å²) in [6, 6.07) is 3.24. The van der Waals surface area contributed by atoms with Crippen molar-refractivity contribution in [3.8, 4) is 0 Å². The summed E-state index contributed by atoms with van der Waals surface area (Å²) in [5, 5.41) is 13.9. The fourth-order valence-electron chi connectivity index (χ4n) is 3.85. The van der Waals surface area contributed by atoms with E-state index in [0.29, 0.717) is 18.2 Å². The van der Waals surface area contributed by atoms with E-state index in [4.69, 9.17) is 11.6 Å². The van der Waals surface area contributed by atoms with Crippen LogP contribution in [-0.2, 0) is 16.0 Å². The van der Waals surface area contributed by atoms with Crippen LogP contribution in [0.25, 0.3) is 0 Å². The summed E-state index contributed by atoms with van der Waals surface area (Å²) in [5.74, 6) is -1.16. The quantitative estimate of drug-likeness (QED) is 0.588. The Morgan fingerprint density at radius 1 is 1.24 bits per heavy atom. The average Bonchev–Trinajstić information content (AvgIpc) is 2.72. The molecule has 1 atom stereocenters. The molecular formula is C21H21ClF4N2O4S. The third kappa shape index (κ3) is 5.82. The molecule has 180 valence electrons. The second-order valence-electron chi connectivity index (χ2n) is 8.06. The molecule has 0 saturated heterocycles. The van der Waals surface area contributed by atoms with E-state index in [-0.39, 0.29) is 36.4 Å². The van der Waals surface area contributed by atoms with Gasteiger partial charge in [-0.3, -0.25) is 9.78 Å². The SMILES string of the molecule is CS(=O)(=O)c1ccc(C(F)(F)F)cc1C(=O)NC(c1cc(Cl)ccn1)C1(O)CCC(F)CC1. The van der Waals surface area contributed by atoms with Gasteiger partial charge in [0.15, 0.2) is 9.84 Å². The number of alkyl halides is 4. The van der Waals surface area contributed by atoms with Crippen LogP contribution in [0.1, 0.15) is 53.3 Å². The van der Waals surface area contributed by atoms with Crippen LogP contribution in [0.2, 0.25) is 5.02 Å². The van der Waals surface area contributed by atoms with Crippen molar-refractivity contribution >= 4 is 27.3 Å². The van der Waals surface area contributed by atoms with Gasteiger partial charge in [-0.05, 0) is 56.0 Å². The van der Waals surface area contributed by atoms with E-state index < -0.39 is 55.8 Å². The van der Waals surface area contributed by atoms with Crippen LogP contribution in [0.5, 0.6) is 0 Å². The highest BCUT2D eigenvalue weighted by atomic mass is 35.5.